The minimum absolute atomic E-state index is 0.229. The number of nitrogens with zero attached hydrogens (tertiary/aromatic N) is 1. The largest absolute Gasteiger partial charge is 0.338 e. The molecule has 1 amide bonds. The van der Waals surface area contributed by atoms with Crippen LogP contribution in [-0.4, -0.2) is 29.3 Å². The molecule has 16 heavy (non-hydrogen) atoms. The summed E-state index contributed by atoms with van der Waals surface area (Å²) in [4.78, 5) is 15.2. The zero-order valence-corrected chi connectivity index (χ0v) is 10.8. The number of carbonyl (C=O) groups is 1. The Balaban J connectivity index is 1.97. The van der Waals surface area contributed by atoms with E-state index in [-0.39, 0.29) is 11.9 Å². The van der Waals surface area contributed by atoms with Gasteiger partial charge in [-0.25, -0.2) is 0 Å². The molecule has 1 aromatic heterocycles. The second-order valence-electron chi connectivity index (χ2n) is 4.15. The van der Waals surface area contributed by atoms with Gasteiger partial charge in [-0.15, -0.1) is 22.9 Å². The molecule has 1 atom stereocenters. The maximum Gasteiger partial charge on any atom is 0.228 e. The van der Waals surface area contributed by atoms with Gasteiger partial charge in [0, 0.05) is 23.3 Å². The van der Waals surface area contributed by atoms with Crippen molar-refractivity contribution in [3.8, 4) is 0 Å². The predicted molar refractivity (Wildman–Crippen MR) is 68.1 cm³/mol. The van der Waals surface area contributed by atoms with Crippen LogP contribution in [0, 0.1) is 0 Å². The molecule has 1 unspecified atom stereocenters. The number of rotatable bonds is 3. The molecule has 1 saturated heterocycles. The van der Waals surface area contributed by atoms with Crippen LogP contribution < -0.4 is 0 Å². The Kier molecular flexibility index (Phi) is 4.24. The quantitative estimate of drug-likeness (QED) is 0.763. The van der Waals surface area contributed by atoms with E-state index < -0.39 is 0 Å². The Morgan fingerprint density at radius 2 is 2.44 bits per heavy atom. The lowest BCUT2D eigenvalue weighted by molar-refractivity contribution is -0.133. The zero-order valence-electron chi connectivity index (χ0n) is 9.19. The van der Waals surface area contributed by atoms with E-state index in [1.54, 1.807) is 11.3 Å². The lowest BCUT2D eigenvalue weighted by atomic mass is 10.0. The third-order valence-electron chi connectivity index (χ3n) is 3.03. The van der Waals surface area contributed by atoms with E-state index in [4.69, 9.17) is 11.6 Å². The average molecular weight is 258 g/mol. The Bertz CT molecular complexity index is 339. The number of carbonyl (C=O) groups excluding carboxylic acids is 1. The standard InChI is InChI=1S/C12H16ClNOS/c13-9-10-4-1-2-6-14(10)12(15)8-11-5-3-7-16-11/h3,5,7,10H,1-2,4,6,8-9H2. The predicted octanol–water partition coefficient (Wildman–Crippen LogP) is 2.91. The smallest absolute Gasteiger partial charge is 0.228 e. The number of likely N-dealkylation sites (tertiary alicyclic amines) is 1. The minimum atomic E-state index is 0.229. The lowest BCUT2D eigenvalue weighted by Gasteiger charge is -2.34. The molecule has 2 heterocycles. The molecule has 0 saturated carbocycles. The molecule has 88 valence electrons. The number of hydrogen-bond acceptors (Lipinski definition) is 2. The minimum Gasteiger partial charge on any atom is -0.338 e. The van der Waals surface area contributed by atoms with Gasteiger partial charge >= 0.3 is 0 Å². The molecule has 0 aromatic carbocycles. The molecule has 4 heteroatoms. The topological polar surface area (TPSA) is 20.3 Å². The molecule has 0 N–H and O–H groups in total. The van der Waals surface area contributed by atoms with Crippen LogP contribution in [-0.2, 0) is 11.2 Å². The molecule has 2 nitrogen and oxygen atoms in total. The molecule has 2 rings (SSSR count). The summed E-state index contributed by atoms with van der Waals surface area (Å²) in [5.74, 6) is 0.795. The molecular weight excluding hydrogens is 242 g/mol. The molecule has 0 spiro atoms. The van der Waals surface area contributed by atoms with Gasteiger partial charge in [-0.1, -0.05) is 6.07 Å². The lowest BCUT2D eigenvalue weighted by Crippen LogP contribution is -2.45. The van der Waals surface area contributed by atoms with Gasteiger partial charge in [0.15, 0.2) is 0 Å². The van der Waals surface area contributed by atoms with Crippen molar-refractivity contribution < 1.29 is 4.79 Å². The molecule has 1 fully saturated rings. The molecule has 0 aliphatic carbocycles. The Labute approximate surface area is 105 Å². The summed E-state index contributed by atoms with van der Waals surface area (Å²) in [6.07, 6.45) is 3.90. The fourth-order valence-electron chi connectivity index (χ4n) is 2.15. The number of alkyl halides is 1. The Morgan fingerprint density at radius 1 is 1.56 bits per heavy atom. The fraction of sp³-hybridized carbons (Fsp3) is 0.583. The van der Waals surface area contributed by atoms with Crippen molar-refractivity contribution in [3.63, 3.8) is 0 Å². The van der Waals surface area contributed by atoms with Gasteiger partial charge in [-0.05, 0) is 30.7 Å². The van der Waals surface area contributed by atoms with Gasteiger partial charge in [-0.3, -0.25) is 4.79 Å². The highest BCUT2D eigenvalue weighted by Crippen LogP contribution is 2.20. The van der Waals surface area contributed by atoms with E-state index in [1.165, 1.54) is 6.42 Å². The van der Waals surface area contributed by atoms with Gasteiger partial charge in [0.1, 0.15) is 0 Å². The van der Waals surface area contributed by atoms with Crippen LogP contribution in [0.4, 0.5) is 0 Å². The third kappa shape index (κ3) is 2.77. The number of amides is 1. The van der Waals surface area contributed by atoms with E-state index in [1.807, 2.05) is 22.4 Å². The molecular formula is C12H16ClNOS. The van der Waals surface area contributed by atoms with Crippen LogP contribution >= 0.6 is 22.9 Å². The zero-order chi connectivity index (χ0) is 11.4. The molecule has 0 radical (unpaired) electrons. The van der Waals surface area contributed by atoms with Crippen LogP contribution in [0.2, 0.25) is 0 Å². The van der Waals surface area contributed by atoms with Crippen LogP contribution in [0.25, 0.3) is 0 Å². The van der Waals surface area contributed by atoms with Gasteiger partial charge in [0.05, 0.1) is 6.42 Å². The van der Waals surface area contributed by atoms with Crippen LogP contribution in [0.5, 0.6) is 0 Å². The summed E-state index contributed by atoms with van der Waals surface area (Å²) in [6, 6.07) is 4.26. The van der Waals surface area contributed by atoms with Gasteiger partial charge in [0.25, 0.3) is 0 Å². The van der Waals surface area contributed by atoms with Crippen LogP contribution in [0.15, 0.2) is 17.5 Å². The second kappa shape index (κ2) is 5.69. The van der Waals surface area contributed by atoms with Crippen molar-refractivity contribution in [2.75, 3.05) is 12.4 Å². The van der Waals surface area contributed by atoms with E-state index in [0.717, 1.165) is 24.3 Å². The van der Waals surface area contributed by atoms with Crippen molar-refractivity contribution in [1.29, 1.82) is 0 Å². The normalized spacial score (nSPS) is 21.1. The summed E-state index contributed by atoms with van der Waals surface area (Å²) < 4.78 is 0. The Morgan fingerprint density at radius 3 is 3.12 bits per heavy atom. The first-order valence-corrected chi connectivity index (χ1v) is 7.10. The second-order valence-corrected chi connectivity index (χ2v) is 5.49. The van der Waals surface area contributed by atoms with Crippen molar-refractivity contribution in [2.24, 2.45) is 0 Å². The highest BCUT2D eigenvalue weighted by atomic mass is 35.5. The number of halogens is 1. The summed E-state index contributed by atoms with van der Waals surface area (Å²) in [6.45, 7) is 0.877. The first-order valence-electron chi connectivity index (χ1n) is 5.69. The van der Waals surface area contributed by atoms with E-state index >= 15 is 0 Å². The van der Waals surface area contributed by atoms with E-state index in [9.17, 15) is 4.79 Å². The molecule has 1 aliphatic heterocycles. The highest BCUT2D eigenvalue weighted by molar-refractivity contribution is 7.10. The van der Waals surface area contributed by atoms with E-state index in [2.05, 4.69) is 0 Å². The van der Waals surface area contributed by atoms with Gasteiger partial charge in [-0.2, -0.15) is 0 Å². The molecule has 1 aliphatic rings. The monoisotopic (exact) mass is 257 g/mol. The number of hydrogen-bond donors (Lipinski definition) is 0. The molecule has 0 bridgehead atoms. The maximum atomic E-state index is 12.1. The SMILES string of the molecule is O=C(Cc1cccs1)N1CCCCC1CCl. The Hall–Kier alpha value is -0.540. The number of thiophene rings is 1. The molecule has 1 aromatic rings. The van der Waals surface area contributed by atoms with Crippen molar-refractivity contribution in [3.05, 3.63) is 22.4 Å². The highest BCUT2D eigenvalue weighted by Gasteiger charge is 2.25. The summed E-state index contributed by atoms with van der Waals surface area (Å²) in [5.41, 5.74) is 0. The van der Waals surface area contributed by atoms with E-state index in [0.29, 0.717) is 12.3 Å². The summed E-state index contributed by atoms with van der Waals surface area (Å²) >= 11 is 7.55. The van der Waals surface area contributed by atoms with Crippen molar-refractivity contribution in [1.82, 2.24) is 4.90 Å². The number of piperidine rings is 1. The van der Waals surface area contributed by atoms with Crippen molar-refractivity contribution in [2.45, 2.75) is 31.7 Å². The van der Waals surface area contributed by atoms with Crippen LogP contribution in [0.3, 0.4) is 0 Å². The first kappa shape index (κ1) is 11.9. The average Bonchev–Trinajstić information content (AvgIpc) is 2.81. The van der Waals surface area contributed by atoms with Gasteiger partial charge in [0.2, 0.25) is 5.91 Å². The fourth-order valence-corrected chi connectivity index (χ4v) is 3.17. The van der Waals surface area contributed by atoms with Crippen molar-refractivity contribution >= 4 is 28.8 Å². The maximum absolute atomic E-state index is 12.1. The summed E-state index contributed by atoms with van der Waals surface area (Å²) in [7, 11) is 0. The first-order chi connectivity index (χ1) is 7.81. The third-order valence-corrected chi connectivity index (χ3v) is 4.26. The van der Waals surface area contributed by atoms with Gasteiger partial charge < -0.3 is 4.90 Å². The summed E-state index contributed by atoms with van der Waals surface area (Å²) in [5, 5.41) is 2.01. The van der Waals surface area contributed by atoms with Crippen LogP contribution in [0.1, 0.15) is 24.1 Å².